The maximum atomic E-state index is 12.3. The third-order valence-electron chi connectivity index (χ3n) is 1.85. The summed E-state index contributed by atoms with van der Waals surface area (Å²) in [5.74, 6) is 0. The van der Waals surface area contributed by atoms with Gasteiger partial charge in [-0.15, -0.1) is 0 Å². The second-order valence-corrected chi connectivity index (χ2v) is 6.36. The van der Waals surface area contributed by atoms with Crippen LogP contribution < -0.4 is 4.06 Å². The second kappa shape index (κ2) is 4.52. The highest BCUT2D eigenvalue weighted by molar-refractivity contribution is 8.00. The van der Waals surface area contributed by atoms with Gasteiger partial charge in [0.1, 0.15) is 4.70 Å². The minimum absolute atomic E-state index is 0.00995. The van der Waals surface area contributed by atoms with Gasteiger partial charge in [-0.1, -0.05) is 22.7 Å². The molecule has 18 heavy (non-hydrogen) atoms. The molecular weight excluding hydrogens is 311 g/mol. The van der Waals surface area contributed by atoms with Gasteiger partial charge in [0.15, 0.2) is 0 Å². The third-order valence-corrected chi connectivity index (χ3v) is 4.77. The summed E-state index contributed by atoms with van der Waals surface area (Å²) in [6, 6.07) is 2.31. The summed E-state index contributed by atoms with van der Waals surface area (Å²) in [6.07, 6.45) is 0. The van der Waals surface area contributed by atoms with E-state index < -0.39 is 32.8 Å². The molecule has 1 heterocycles. The van der Waals surface area contributed by atoms with E-state index in [0.29, 0.717) is 16.0 Å². The molecule has 0 atom stereocenters. The minimum atomic E-state index is -4.61. The standard InChI is InChI=1S/C8H2F3NO3S3/c9-8(10,11)18-3-1-2-4-6(5(3)12(14)15)17-7(13)16-4/h1-2H. The molecule has 1 aromatic heterocycles. The van der Waals surface area contributed by atoms with Gasteiger partial charge in [0, 0.05) is 0 Å². The third kappa shape index (κ3) is 2.65. The highest BCUT2D eigenvalue weighted by Gasteiger charge is 2.34. The molecule has 96 valence electrons. The molecule has 0 amide bonds. The van der Waals surface area contributed by atoms with Gasteiger partial charge in [-0.2, -0.15) is 13.2 Å². The van der Waals surface area contributed by atoms with Gasteiger partial charge in [-0.05, 0) is 23.9 Å². The molecule has 0 aliphatic carbocycles. The molecule has 0 saturated carbocycles. The lowest BCUT2D eigenvalue weighted by Gasteiger charge is -2.06. The Morgan fingerprint density at radius 1 is 1.28 bits per heavy atom. The number of benzene rings is 1. The molecule has 4 nitrogen and oxygen atoms in total. The van der Waals surface area contributed by atoms with E-state index in [1.807, 2.05) is 0 Å². The van der Waals surface area contributed by atoms with Gasteiger partial charge in [-0.25, -0.2) is 0 Å². The number of nitrogens with zero attached hydrogens (tertiary/aromatic N) is 1. The first-order chi connectivity index (χ1) is 8.28. The lowest BCUT2D eigenvalue weighted by molar-refractivity contribution is -0.385. The van der Waals surface area contributed by atoms with Crippen molar-refractivity contribution in [3.63, 3.8) is 0 Å². The summed E-state index contributed by atoms with van der Waals surface area (Å²) in [4.78, 5) is 20.6. The van der Waals surface area contributed by atoms with Gasteiger partial charge in [-0.3, -0.25) is 14.9 Å². The summed E-state index contributed by atoms with van der Waals surface area (Å²) >= 11 is 0.814. The van der Waals surface area contributed by atoms with E-state index in [4.69, 9.17) is 0 Å². The zero-order chi connectivity index (χ0) is 13.5. The van der Waals surface area contributed by atoms with Gasteiger partial charge >= 0.3 is 11.2 Å². The number of nitro groups is 1. The predicted molar refractivity (Wildman–Crippen MR) is 64.5 cm³/mol. The van der Waals surface area contributed by atoms with Crippen LogP contribution in [0.15, 0.2) is 21.8 Å². The normalized spacial score (nSPS) is 11.9. The molecule has 10 heteroatoms. The first-order valence-corrected chi connectivity index (χ1v) is 6.69. The largest absolute Gasteiger partial charge is 0.446 e. The maximum absolute atomic E-state index is 12.3. The molecule has 0 unspecified atom stereocenters. The van der Waals surface area contributed by atoms with Crippen molar-refractivity contribution >= 4 is 49.5 Å². The van der Waals surface area contributed by atoms with Crippen LogP contribution in [0.3, 0.4) is 0 Å². The van der Waals surface area contributed by atoms with E-state index in [0.717, 1.165) is 17.4 Å². The fourth-order valence-electron chi connectivity index (χ4n) is 1.29. The van der Waals surface area contributed by atoms with Gasteiger partial charge in [0.2, 0.25) is 0 Å². The molecular formula is C8H2F3NO3S3. The van der Waals surface area contributed by atoms with E-state index >= 15 is 0 Å². The number of halogens is 3. The monoisotopic (exact) mass is 313 g/mol. The number of thioether (sulfide) groups is 1. The number of hydrogen-bond donors (Lipinski definition) is 0. The number of nitro benzene ring substituents is 1. The lowest BCUT2D eigenvalue weighted by Crippen LogP contribution is -2.01. The first-order valence-electron chi connectivity index (χ1n) is 4.25. The SMILES string of the molecule is O=c1sc2ccc(SC(F)(F)F)c([N+](=O)[O-])c2s1. The Kier molecular flexibility index (Phi) is 3.34. The zero-order valence-electron chi connectivity index (χ0n) is 8.19. The molecule has 0 aliphatic heterocycles. The fraction of sp³-hybridized carbons (Fsp3) is 0.125. The molecule has 0 bridgehead atoms. The number of hydrogen-bond acceptors (Lipinski definition) is 6. The van der Waals surface area contributed by atoms with Crippen molar-refractivity contribution in [2.75, 3.05) is 0 Å². The summed E-state index contributed by atoms with van der Waals surface area (Å²) < 4.78 is 36.7. The van der Waals surface area contributed by atoms with Crippen LogP contribution in [0.4, 0.5) is 18.9 Å². The van der Waals surface area contributed by atoms with Crippen LogP contribution >= 0.6 is 34.4 Å². The summed E-state index contributed by atoms with van der Waals surface area (Å²) in [6.45, 7) is 0. The Bertz CT molecular complexity index is 676. The van der Waals surface area contributed by atoms with Crippen LogP contribution in [0.1, 0.15) is 0 Å². The smallest absolute Gasteiger partial charge is 0.265 e. The van der Waals surface area contributed by atoms with Crippen LogP contribution in [0, 0.1) is 10.1 Å². The zero-order valence-corrected chi connectivity index (χ0v) is 10.6. The van der Waals surface area contributed by atoms with Crippen LogP contribution in [-0.4, -0.2) is 10.4 Å². The van der Waals surface area contributed by atoms with Crippen molar-refractivity contribution in [2.24, 2.45) is 0 Å². The molecule has 1 aromatic carbocycles. The predicted octanol–water partition coefficient (Wildman–Crippen LogP) is 3.84. The van der Waals surface area contributed by atoms with Crippen LogP contribution in [0.25, 0.3) is 9.40 Å². The Balaban J connectivity index is 2.70. The van der Waals surface area contributed by atoms with Crippen molar-refractivity contribution in [1.29, 1.82) is 0 Å². The van der Waals surface area contributed by atoms with Crippen molar-refractivity contribution in [3.05, 3.63) is 31.1 Å². The van der Waals surface area contributed by atoms with Gasteiger partial charge < -0.3 is 0 Å². The molecule has 0 fully saturated rings. The van der Waals surface area contributed by atoms with Gasteiger partial charge in [0.05, 0.1) is 14.5 Å². The highest BCUT2D eigenvalue weighted by atomic mass is 32.2. The summed E-state index contributed by atoms with van der Waals surface area (Å²) in [5.41, 5.74) is -5.27. The van der Waals surface area contributed by atoms with E-state index in [1.54, 1.807) is 0 Å². The fourth-order valence-corrected chi connectivity index (χ4v) is 4.07. The molecule has 2 aromatic rings. The Morgan fingerprint density at radius 3 is 2.50 bits per heavy atom. The number of fused-ring (bicyclic) bond motifs is 1. The van der Waals surface area contributed by atoms with E-state index in [1.165, 1.54) is 6.07 Å². The average Bonchev–Trinajstić information content (AvgIpc) is 2.54. The summed E-state index contributed by atoms with van der Waals surface area (Å²) in [7, 11) is 0. The van der Waals surface area contributed by atoms with E-state index in [2.05, 4.69) is 0 Å². The Labute approximate surface area is 109 Å². The molecule has 0 spiro atoms. The van der Waals surface area contributed by atoms with Crippen molar-refractivity contribution in [3.8, 4) is 0 Å². The second-order valence-electron chi connectivity index (χ2n) is 3.00. The number of alkyl halides is 3. The van der Waals surface area contributed by atoms with E-state index in [-0.39, 0.29) is 8.76 Å². The number of rotatable bonds is 2. The molecule has 0 saturated heterocycles. The van der Waals surface area contributed by atoms with Crippen LogP contribution in [-0.2, 0) is 0 Å². The minimum Gasteiger partial charge on any atom is -0.265 e. The van der Waals surface area contributed by atoms with Gasteiger partial charge in [0.25, 0.3) is 4.06 Å². The topological polar surface area (TPSA) is 60.2 Å². The quantitative estimate of drug-likeness (QED) is 0.480. The van der Waals surface area contributed by atoms with Crippen molar-refractivity contribution in [1.82, 2.24) is 0 Å². The maximum Gasteiger partial charge on any atom is 0.446 e. The first kappa shape index (κ1) is 13.3. The lowest BCUT2D eigenvalue weighted by atomic mass is 10.3. The summed E-state index contributed by atoms with van der Waals surface area (Å²) in [5, 5.41) is 10.9. The average molecular weight is 313 g/mol. The molecule has 0 aliphatic rings. The Morgan fingerprint density at radius 2 is 1.94 bits per heavy atom. The van der Waals surface area contributed by atoms with E-state index in [9.17, 15) is 28.1 Å². The van der Waals surface area contributed by atoms with Crippen molar-refractivity contribution < 1.29 is 18.1 Å². The molecule has 0 N–H and O–H groups in total. The van der Waals surface area contributed by atoms with Crippen molar-refractivity contribution in [2.45, 2.75) is 10.4 Å². The van der Waals surface area contributed by atoms with Crippen LogP contribution in [0.5, 0.6) is 0 Å². The molecule has 0 radical (unpaired) electrons. The Hall–Kier alpha value is -1.13. The highest BCUT2D eigenvalue weighted by Crippen LogP contribution is 2.45. The van der Waals surface area contributed by atoms with Crippen LogP contribution in [0.2, 0.25) is 0 Å². The molecule has 2 rings (SSSR count).